The SMILES string of the molecule is Cc1ccc2c(c1)c1c3ccccc3ccc1c1nc3ccccc3n21.Cc1ccc2c(c1)c1ccccc1c1nc3ccccc3n21.Cc1ccc2c3c4ccccc4ccc3c3nc4ccccc4n3c2c1.Cc1ccc2c3ccc4ccccc4c3c3nc4ccccc4n3c2c1.Cc1ccc2c3ccccc3c3nc4ccccc4n3c2c1.Cc1ccc2nc3c4c5ccccc5ccc4c4ccccc4n3c2c1. The molecule has 12 nitrogen and oxygen atoms in total. The van der Waals surface area contributed by atoms with Crippen LogP contribution in [0.1, 0.15) is 33.4 Å². The molecule has 12 heteroatoms. The van der Waals surface area contributed by atoms with Crippen LogP contribution in [0.5, 0.6) is 0 Å². The molecule has 22 aromatic carbocycles. The van der Waals surface area contributed by atoms with Crippen molar-refractivity contribution in [1.82, 2.24) is 56.3 Å². The third-order valence-electron chi connectivity index (χ3n) is 30.4. The Morgan fingerprint density at radius 1 is 0.122 bits per heavy atom. The summed E-state index contributed by atoms with van der Waals surface area (Å²) in [6, 6.07) is 160. The van der Waals surface area contributed by atoms with Crippen LogP contribution in [-0.4, -0.2) is 56.3 Å². The highest BCUT2D eigenvalue weighted by molar-refractivity contribution is 6.29. The van der Waals surface area contributed by atoms with Gasteiger partial charge < -0.3 is 0 Å². The Hall–Kier alpha value is -19.3. The van der Waals surface area contributed by atoms with Gasteiger partial charge >= 0.3 is 0 Å². The van der Waals surface area contributed by atoms with Crippen molar-refractivity contribution in [3.63, 3.8) is 0 Å². The Balaban J connectivity index is 0.0000000838. The van der Waals surface area contributed by atoms with E-state index in [9.17, 15) is 0 Å². The van der Waals surface area contributed by atoms with Crippen LogP contribution in [0.15, 0.2) is 449 Å². The van der Waals surface area contributed by atoms with E-state index in [0.717, 1.165) is 89.1 Å². The van der Waals surface area contributed by atoms with Gasteiger partial charge in [0.15, 0.2) is 0 Å². The highest BCUT2D eigenvalue weighted by Crippen LogP contribution is 2.45. The summed E-state index contributed by atoms with van der Waals surface area (Å²) in [5.41, 5.74) is 34.3. The van der Waals surface area contributed by atoms with E-state index in [1.807, 2.05) is 12.1 Å². The van der Waals surface area contributed by atoms with Crippen LogP contribution in [0.3, 0.4) is 0 Å². The molecule has 696 valence electrons. The van der Waals surface area contributed by atoms with Crippen molar-refractivity contribution >= 4 is 273 Å². The lowest BCUT2D eigenvalue weighted by molar-refractivity contribution is 1.30. The van der Waals surface area contributed by atoms with Gasteiger partial charge in [-0.05, 0) is 262 Å². The summed E-state index contributed by atoms with van der Waals surface area (Å²) in [7, 11) is 0. The van der Waals surface area contributed by atoms with Crippen LogP contribution >= 0.6 is 0 Å². The average Bonchev–Trinajstić information content (AvgIpc) is 1.53. The number of aryl methyl sites for hydroxylation is 6. The molecule has 0 amide bonds. The standard InChI is InChI=1S/4C24H16N2.2C20H14N2/c1-15-10-13-21-19(14-15)23-17-7-3-2-6-16(17)11-12-18(23)24-25-20-8-4-5-9-22(20)26(21)24;1-15-10-13-20-22(14-15)26-21-9-5-4-8-18(21)19-12-11-16-6-2-3-7-17(16)23(19)24(26)25-20;1-15-10-12-18-22(14-15)26-21-9-5-4-8-20(21)25-24(26)19-13-11-16-6-2-3-7-17(16)23(18)19;1-15-10-12-18-19-13-11-16-6-2-3-7-17(16)23(19)24-25-20-8-4-5-9-21(20)26(24)22(18)14-15;1-13-10-11-15-14-6-2-3-7-16(14)20-21-17-8-4-5-9-18(17)22(20)19(15)12-13;1-13-10-11-18-16(12-13)14-6-2-3-7-15(14)20-21-17-8-4-5-9-19(17)22(18)20/h4*2-14H,1H3;2*2-12H,1H3. The van der Waals surface area contributed by atoms with Crippen LogP contribution in [0.25, 0.3) is 273 Å². The monoisotopic (exact) mass is 1890 g/mol. The molecule has 0 aliphatic heterocycles. The molecule has 0 aliphatic carbocycles. The number of para-hydroxylation sites is 11. The van der Waals surface area contributed by atoms with E-state index >= 15 is 0 Å². The van der Waals surface area contributed by atoms with Gasteiger partial charge in [0.1, 0.15) is 33.9 Å². The number of nitrogens with zero attached hydrogens (tertiary/aromatic N) is 12. The Morgan fingerprint density at radius 3 is 0.777 bits per heavy atom. The van der Waals surface area contributed by atoms with Gasteiger partial charge in [0.2, 0.25) is 0 Å². The summed E-state index contributed by atoms with van der Waals surface area (Å²) in [6.45, 7) is 12.9. The predicted molar refractivity (Wildman–Crippen MR) is 625 cm³/mol. The van der Waals surface area contributed by atoms with Crippen LogP contribution in [0.4, 0.5) is 0 Å². The molecule has 0 aliphatic rings. The Kier molecular flexibility index (Phi) is 19.5. The molecule has 0 spiro atoms. The van der Waals surface area contributed by atoms with Crippen LogP contribution in [0, 0.1) is 41.5 Å². The lowest BCUT2D eigenvalue weighted by Crippen LogP contribution is -1.93. The maximum absolute atomic E-state index is 5.05. The summed E-state index contributed by atoms with van der Waals surface area (Å²) in [6.07, 6.45) is 0. The zero-order valence-corrected chi connectivity index (χ0v) is 82.1. The van der Waals surface area contributed by atoms with Crippen LogP contribution in [0.2, 0.25) is 0 Å². The number of hydrogen-bond donors (Lipinski definition) is 0. The van der Waals surface area contributed by atoms with Crippen LogP contribution in [-0.2, 0) is 0 Å². The number of pyridine rings is 6. The average molecular weight is 1890 g/mol. The minimum absolute atomic E-state index is 1.03. The molecule has 0 radical (unpaired) electrons. The Morgan fingerprint density at radius 2 is 0.351 bits per heavy atom. The third-order valence-corrected chi connectivity index (χ3v) is 30.4. The molecule has 12 aromatic heterocycles. The van der Waals surface area contributed by atoms with E-state index in [4.69, 9.17) is 29.9 Å². The summed E-state index contributed by atoms with van der Waals surface area (Å²) >= 11 is 0. The number of benzene rings is 22. The zero-order chi connectivity index (χ0) is 98.4. The van der Waals surface area contributed by atoms with E-state index in [1.165, 1.54) is 218 Å². The molecular weight excluding hydrogens is 1800 g/mol. The van der Waals surface area contributed by atoms with E-state index in [-0.39, 0.29) is 0 Å². The minimum atomic E-state index is 1.03. The number of imidazole rings is 6. The van der Waals surface area contributed by atoms with Gasteiger partial charge in [0.05, 0.1) is 99.3 Å². The second-order valence-corrected chi connectivity index (χ2v) is 39.6. The summed E-state index contributed by atoms with van der Waals surface area (Å²) in [5.74, 6) is 0. The first-order chi connectivity index (χ1) is 72.9. The van der Waals surface area contributed by atoms with Gasteiger partial charge in [-0.3, -0.25) is 26.4 Å². The first-order valence-electron chi connectivity index (χ1n) is 50.7. The molecular formula is C136H92N12. The second-order valence-electron chi connectivity index (χ2n) is 39.6. The van der Waals surface area contributed by atoms with E-state index in [1.54, 1.807) is 0 Å². The highest BCUT2D eigenvalue weighted by Gasteiger charge is 2.24. The maximum atomic E-state index is 5.05. The largest absolute Gasteiger partial charge is 0.292 e. The molecule has 0 saturated carbocycles. The minimum Gasteiger partial charge on any atom is -0.292 e. The van der Waals surface area contributed by atoms with Crippen molar-refractivity contribution in [3.8, 4) is 0 Å². The quantitative estimate of drug-likeness (QED) is 0.140. The fourth-order valence-electron chi connectivity index (χ4n) is 23.8. The Labute approximate surface area is 847 Å². The maximum Gasteiger partial charge on any atom is 0.147 e. The molecule has 0 fully saturated rings. The lowest BCUT2D eigenvalue weighted by Gasteiger charge is -2.12. The molecule has 34 aromatic rings. The smallest absolute Gasteiger partial charge is 0.147 e. The molecule has 34 rings (SSSR count). The lowest BCUT2D eigenvalue weighted by atomic mass is 9.98. The van der Waals surface area contributed by atoms with Gasteiger partial charge in [-0.2, -0.15) is 0 Å². The molecule has 0 unspecified atom stereocenters. The molecule has 0 bridgehead atoms. The summed E-state index contributed by atoms with van der Waals surface area (Å²) in [5, 5.41) is 32.7. The van der Waals surface area contributed by atoms with Gasteiger partial charge in [-0.25, -0.2) is 29.9 Å². The predicted octanol–water partition coefficient (Wildman–Crippen LogP) is 35.2. The van der Waals surface area contributed by atoms with E-state index < -0.39 is 0 Å². The Bertz CT molecular complexity index is 11600. The van der Waals surface area contributed by atoms with Crippen molar-refractivity contribution in [2.24, 2.45) is 0 Å². The van der Waals surface area contributed by atoms with Crippen molar-refractivity contribution in [2.45, 2.75) is 41.5 Å². The molecule has 12 heterocycles. The van der Waals surface area contributed by atoms with Gasteiger partial charge in [-0.1, -0.05) is 327 Å². The number of aromatic nitrogens is 12. The van der Waals surface area contributed by atoms with Crippen molar-refractivity contribution in [3.05, 3.63) is 482 Å². The molecule has 0 saturated heterocycles. The topological polar surface area (TPSA) is 104 Å². The van der Waals surface area contributed by atoms with Crippen molar-refractivity contribution in [1.29, 1.82) is 0 Å². The van der Waals surface area contributed by atoms with Crippen LogP contribution < -0.4 is 0 Å². The summed E-state index contributed by atoms with van der Waals surface area (Å²) < 4.78 is 13.8. The fraction of sp³-hybridized carbons (Fsp3) is 0.0441. The highest BCUT2D eigenvalue weighted by atomic mass is 15.1. The summed E-state index contributed by atoms with van der Waals surface area (Å²) in [4.78, 5) is 29.8. The second kappa shape index (κ2) is 33.7. The third kappa shape index (κ3) is 13.4. The first-order valence-corrected chi connectivity index (χ1v) is 50.7. The first kappa shape index (κ1) is 85.5. The van der Waals surface area contributed by atoms with Crippen molar-refractivity contribution < 1.29 is 0 Å². The zero-order valence-electron chi connectivity index (χ0n) is 82.1. The van der Waals surface area contributed by atoms with Crippen molar-refractivity contribution in [2.75, 3.05) is 0 Å². The van der Waals surface area contributed by atoms with Gasteiger partial charge in [0, 0.05) is 75.4 Å². The number of hydrogen-bond acceptors (Lipinski definition) is 6. The number of rotatable bonds is 0. The van der Waals surface area contributed by atoms with Gasteiger partial charge in [0.25, 0.3) is 0 Å². The number of fused-ring (bicyclic) bond motifs is 56. The molecule has 0 N–H and O–H groups in total. The molecule has 148 heavy (non-hydrogen) atoms. The normalized spacial score (nSPS) is 12.0. The van der Waals surface area contributed by atoms with E-state index in [2.05, 4.69) is 505 Å². The fourth-order valence-corrected chi connectivity index (χ4v) is 23.8. The molecule has 0 atom stereocenters. The van der Waals surface area contributed by atoms with Gasteiger partial charge in [-0.15, -0.1) is 0 Å². The van der Waals surface area contributed by atoms with E-state index in [0.29, 0.717) is 0 Å².